The highest BCUT2D eigenvalue weighted by Crippen LogP contribution is 2.30. The minimum atomic E-state index is 0. The van der Waals surface area contributed by atoms with Crippen molar-refractivity contribution in [1.29, 1.82) is 0 Å². The Bertz CT molecular complexity index is 422. The molecule has 124 valence electrons. The lowest BCUT2D eigenvalue weighted by atomic mass is 9.93. The molecule has 1 aromatic carbocycles. The van der Waals surface area contributed by atoms with Crippen LogP contribution in [-0.2, 0) is 4.74 Å². The van der Waals surface area contributed by atoms with Gasteiger partial charge in [-0.05, 0) is 30.2 Å². The first-order valence-corrected chi connectivity index (χ1v) is 8.44. The molecule has 2 N–H and O–H groups in total. The van der Waals surface area contributed by atoms with Crippen molar-refractivity contribution in [3.05, 3.63) is 35.9 Å². The van der Waals surface area contributed by atoms with Crippen LogP contribution in [0, 0.1) is 5.92 Å². The van der Waals surface area contributed by atoms with Gasteiger partial charge in [0.15, 0.2) is 0 Å². The SMILES string of the molecule is CC(CNC1CCCC1C1COCCN1)c1ccccc1.Cl. The molecule has 4 unspecified atom stereocenters. The third kappa shape index (κ3) is 4.45. The first-order valence-electron chi connectivity index (χ1n) is 8.44. The number of benzene rings is 1. The molecule has 22 heavy (non-hydrogen) atoms. The second-order valence-electron chi connectivity index (χ2n) is 6.56. The largest absolute Gasteiger partial charge is 0.379 e. The predicted molar refractivity (Wildman–Crippen MR) is 93.8 cm³/mol. The molecule has 1 heterocycles. The number of hydrogen-bond acceptors (Lipinski definition) is 3. The molecule has 1 saturated heterocycles. The van der Waals surface area contributed by atoms with Crippen molar-refractivity contribution in [2.45, 2.75) is 44.2 Å². The summed E-state index contributed by atoms with van der Waals surface area (Å²) in [7, 11) is 0. The van der Waals surface area contributed by atoms with E-state index in [2.05, 4.69) is 47.9 Å². The third-order valence-corrected chi connectivity index (χ3v) is 5.09. The molecule has 1 aliphatic heterocycles. The van der Waals surface area contributed by atoms with Crippen LogP contribution < -0.4 is 10.6 Å². The average Bonchev–Trinajstić information content (AvgIpc) is 3.03. The van der Waals surface area contributed by atoms with Crippen LogP contribution in [0.1, 0.15) is 37.7 Å². The lowest BCUT2D eigenvalue weighted by Crippen LogP contribution is -2.51. The lowest BCUT2D eigenvalue weighted by molar-refractivity contribution is 0.0525. The smallest absolute Gasteiger partial charge is 0.0623 e. The van der Waals surface area contributed by atoms with Crippen molar-refractivity contribution >= 4 is 12.4 Å². The summed E-state index contributed by atoms with van der Waals surface area (Å²) in [5.74, 6) is 1.30. The fourth-order valence-electron chi connectivity index (χ4n) is 3.81. The third-order valence-electron chi connectivity index (χ3n) is 5.09. The minimum absolute atomic E-state index is 0. The van der Waals surface area contributed by atoms with Crippen LogP contribution in [-0.4, -0.2) is 38.4 Å². The van der Waals surface area contributed by atoms with Crippen LogP contribution >= 0.6 is 12.4 Å². The normalized spacial score (nSPS) is 29.8. The van der Waals surface area contributed by atoms with Gasteiger partial charge in [0.1, 0.15) is 0 Å². The van der Waals surface area contributed by atoms with Gasteiger partial charge in [-0.15, -0.1) is 12.4 Å². The first-order chi connectivity index (χ1) is 10.3. The summed E-state index contributed by atoms with van der Waals surface area (Å²) in [5, 5.41) is 7.48. The van der Waals surface area contributed by atoms with Gasteiger partial charge >= 0.3 is 0 Å². The van der Waals surface area contributed by atoms with E-state index >= 15 is 0 Å². The van der Waals surface area contributed by atoms with Crippen molar-refractivity contribution < 1.29 is 4.74 Å². The van der Waals surface area contributed by atoms with Crippen LogP contribution in [0.4, 0.5) is 0 Å². The highest BCUT2D eigenvalue weighted by Gasteiger charge is 2.34. The molecule has 3 nitrogen and oxygen atoms in total. The maximum Gasteiger partial charge on any atom is 0.0623 e. The van der Waals surface area contributed by atoms with Gasteiger partial charge in [-0.25, -0.2) is 0 Å². The Balaban J connectivity index is 0.00000176. The van der Waals surface area contributed by atoms with E-state index in [1.807, 2.05) is 0 Å². The first kappa shape index (κ1) is 17.7. The molecule has 3 rings (SSSR count). The number of rotatable bonds is 5. The zero-order valence-corrected chi connectivity index (χ0v) is 14.3. The maximum atomic E-state index is 5.65. The minimum Gasteiger partial charge on any atom is -0.379 e. The van der Waals surface area contributed by atoms with E-state index in [0.717, 1.165) is 32.2 Å². The van der Waals surface area contributed by atoms with Crippen molar-refractivity contribution in [3.63, 3.8) is 0 Å². The number of ether oxygens (including phenoxy) is 1. The molecule has 2 fully saturated rings. The van der Waals surface area contributed by atoms with E-state index in [9.17, 15) is 0 Å². The lowest BCUT2D eigenvalue weighted by Gasteiger charge is -2.33. The van der Waals surface area contributed by atoms with Crippen molar-refractivity contribution in [2.24, 2.45) is 5.92 Å². The molecule has 2 aliphatic rings. The van der Waals surface area contributed by atoms with Crippen LogP contribution in [0.5, 0.6) is 0 Å². The molecule has 0 aromatic heterocycles. The topological polar surface area (TPSA) is 33.3 Å². The highest BCUT2D eigenvalue weighted by molar-refractivity contribution is 5.85. The Hall–Kier alpha value is -0.610. The second-order valence-corrected chi connectivity index (χ2v) is 6.56. The van der Waals surface area contributed by atoms with Crippen LogP contribution in [0.15, 0.2) is 30.3 Å². The van der Waals surface area contributed by atoms with E-state index in [0.29, 0.717) is 18.0 Å². The van der Waals surface area contributed by atoms with E-state index in [1.165, 1.54) is 24.8 Å². The fraction of sp³-hybridized carbons (Fsp3) is 0.667. The number of morpholine rings is 1. The molecule has 0 radical (unpaired) electrons. The summed E-state index contributed by atoms with van der Waals surface area (Å²) in [5.41, 5.74) is 1.43. The van der Waals surface area contributed by atoms with Crippen molar-refractivity contribution in [1.82, 2.24) is 10.6 Å². The quantitative estimate of drug-likeness (QED) is 0.873. The highest BCUT2D eigenvalue weighted by atomic mass is 35.5. The number of hydrogen-bond donors (Lipinski definition) is 2. The average molecular weight is 325 g/mol. The predicted octanol–water partition coefficient (Wildman–Crippen LogP) is 2.96. The molecular formula is C18H29ClN2O. The zero-order valence-electron chi connectivity index (χ0n) is 13.5. The van der Waals surface area contributed by atoms with Gasteiger partial charge < -0.3 is 15.4 Å². The Morgan fingerprint density at radius 3 is 2.82 bits per heavy atom. The monoisotopic (exact) mass is 324 g/mol. The molecule has 4 heteroatoms. The standard InChI is InChI=1S/C18H28N2O.ClH/c1-14(15-6-3-2-4-7-15)12-20-17-9-5-8-16(17)18-13-21-11-10-19-18;/h2-4,6-7,14,16-20H,5,8-13H2,1H3;1H. The van der Waals surface area contributed by atoms with Gasteiger partial charge in [0.05, 0.1) is 13.2 Å². The number of nitrogens with one attached hydrogen (secondary N) is 2. The van der Waals surface area contributed by atoms with Gasteiger partial charge in [0, 0.05) is 25.2 Å². The van der Waals surface area contributed by atoms with E-state index < -0.39 is 0 Å². The van der Waals surface area contributed by atoms with Gasteiger partial charge in [0.2, 0.25) is 0 Å². The molecule has 4 atom stereocenters. The molecule has 0 spiro atoms. The van der Waals surface area contributed by atoms with E-state index in [1.54, 1.807) is 0 Å². The summed E-state index contributed by atoms with van der Waals surface area (Å²) in [6.45, 7) is 6.14. The van der Waals surface area contributed by atoms with Crippen molar-refractivity contribution in [2.75, 3.05) is 26.3 Å². The van der Waals surface area contributed by atoms with Crippen molar-refractivity contribution in [3.8, 4) is 0 Å². The van der Waals surface area contributed by atoms with Crippen LogP contribution in [0.25, 0.3) is 0 Å². The molecule has 1 saturated carbocycles. The Kier molecular flexibility index (Phi) is 7.16. The van der Waals surface area contributed by atoms with Crippen LogP contribution in [0.3, 0.4) is 0 Å². The Labute approximate surface area is 140 Å². The molecule has 1 aliphatic carbocycles. The summed E-state index contributed by atoms with van der Waals surface area (Å²) in [4.78, 5) is 0. The Morgan fingerprint density at radius 2 is 2.09 bits per heavy atom. The van der Waals surface area contributed by atoms with E-state index in [4.69, 9.17) is 4.74 Å². The van der Waals surface area contributed by atoms with Gasteiger partial charge in [-0.3, -0.25) is 0 Å². The molecule has 0 amide bonds. The summed E-state index contributed by atoms with van der Waals surface area (Å²) >= 11 is 0. The summed E-state index contributed by atoms with van der Waals surface area (Å²) < 4.78 is 5.65. The van der Waals surface area contributed by atoms with Gasteiger partial charge in [-0.2, -0.15) is 0 Å². The molecular weight excluding hydrogens is 296 g/mol. The zero-order chi connectivity index (χ0) is 14.5. The number of halogens is 1. The summed E-state index contributed by atoms with van der Waals surface area (Å²) in [6, 6.07) is 12.0. The van der Waals surface area contributed by atoms with Gasteiger partial charge in [-0.1, -0.05) is 43.7 Å². The fourth-order valence-corrected chi connectivity index (χ4v) is 3.81. The summed E-state index contributed by atoms with van der Waals surface area (Å²) in [6.07, 6.45) is 3.99. The molecule has 1 aromatic rings. The van der Waals surface area contributed by atoms with E-state index in [-0.39, 0.29) is 12.4 Å². The second kappa shape index (κ2) is 8.88. The van der Waals surface area contributed by atoms with Crippen LogP contribution in [0.2, 0.25) is 0 Å². The molecule has 0 bridgehead atoms. The maximum absolute atomic E-state index is 5.65. The van der Waals surface area contributed by atoms with Gasteiger partial charge in [0.25, 0.3) is 0 Å². The Morgan fingerprint density at radius 1 is 1.27 bits per heavy atom.